The molecule has 0 radical (unpaired) electrons. The van der Waals surface area contributed by atoms with E-state index >= 15 is 0 Å². The molecule has 0 aromatic heterocycles. The molecule has 0 aliphatic carbocycles. The van der Waals surface area contributed by atoms with Crippen molar-refractivity contribution in [2.24, 2.45) is 0 Å². The highest BCUT2D eigenvalue weighted by atomic mass is 16.6. The summed E-state index contributed by atoms with van der Waals surface area (Å²) in [5.41, 5.74) is 0. The van der Waals surface area contributed by atoms with Crippen LogP contribution in [0, 0.1) is 0 Å². The molecule has 300 valence electrons. The maximum Gasteiger partial charge on any atom is 0.306 e. The van der Waals surface area contributed by atoms with Gasteiger partial charge in [0.1, 0.15) is 12.6 Å². The van der Waals surface area contributed by atoms with Crippen LogP contribution in [0.15, 0.2) is 85.1 Å². The van der Waals surface area contributed by atoms with Crippen LogP contribution in [0.5, 0.6) is 0 Å². The number of carbonyl (C=O) groups is 3. The lowest BCUT2D eigenvalue weighted by atomic mass is 10.1. The van der Waals surface area contributed by atoms with E-state index < -0.39 is 24.1 Å². The lowest BCUT2D eigenvalue weighted by Gasteiger charge is -2.34. The number of aliphatic carboxylic acids is 1. The topological polar surface area (TPSA) is 102 Å². The van der Waals surface area contributed by atoms with Crippen LogP contribution in [0.4, 0.5) is 0 Å². The van der Waals surface area contributed by atoms with E-state index in [9.17, 15) is 19.5 Å². The molecule has 2 unspecified atom stereocenters. The Morgan fingerprint density at radius 2 is 1.06 bits per heavy atom. The molecular formula is C45H73NO7. The molecule has 0 aliphatic rings. The van der Waals surface area contributed by atoms with Gasteiger partial charge >= 0.3 is 11.9 Å². The van der Waals surface area contributed by atoms with Gasteiger partial charge in [0.2, 0.25) is 0 Å². The van der Waals surface area contributed by atoms with Crippen LogP contribution in [-0.2, 0) is 28.6 Å². The number of hydrogen-bond acceptors (Lipinski definition) is 7. The first-order valence-electron chi connectivity index (χ1n) is 20.1. The lowest BCUT2D eigenvalue weighted by molar-refractivity contribution is -0.889. The number of allylic oxidation sites excluding steroid dienone is 14. The average molecular weight is 740 g/mol. The molecule has 0 saturated carbocycles. The molecule has 0 spiro atoms. The minimum Gasteiger partial charge on any atom is -0.544 e. The van der Waals surface area contributed by atoms with Gasteiger partial charge in [-0.15, -0.1) is 0 Å². The molecule has 0 fully saturated rings. The molecule has 0 heterocycles. The predicted octanol–water partition coefficient (Wildman–Crippen LogP) is 9.24. The van der Waals surface area contributed by atoms with Crippen LogP contribution in [0.25, 0.3) is 0 Å². The third-order valence-electron chi connectivity index (χ3n) is 8.29. The number of carboxylic acid groups (broad SMARTS) is 1. The number of rotatable bonds is 34. The zero-order chi connectivity index (χ0) is 39.3. The van der Waals surface area contributed by atoms with Crippen molar-refractivity contribution in [3.8, 4) is 0 Å². The van der Waals surface area contributed by atoms with Gasteiger partial charge < -0.3 is 28.6 Å². The number of unbranched alkanes of at least 4 members (excludes halogenated alkanes) is 6. The molecule has 8 nitrogen and oxygen atoms in total. The van der Waals surface area contributed by atoms with Gasteiger partial charge in [-0.05, 0) is 64.2 Å². The number of carbonyl (C=O) groups excluding carboxylic acids is 3. The van der Waals surface area contributed by atoms with E-state index in [1.54, 1.807) is 21.1 Å². The van der Waals surface area contributed by atoms with Gasteiger partial charge in [-0.2, -0.15) is 0 Å². The molecule has 0 saturated heterocycles. The average Bonchev–Trinajstić information content (AvgIpc) is 3.11. The number of esters is 2. The SMILES string of the molecule is CC/C=C/C/C=C/C/C=C/C/C=C/C/C=C/CCC(=O)OCC(COCCC(C(=O)[O-])[N+](C)(C)C)OC(=O)CC/C=C/C/C=C/CCCCCCCC. The monoisotopic (exact) mass is 740 g/mol. The number of hydrogen-bond donors (Lipinski definition) is 0. The van der Waals surface area contributed by atoms with Crippen LogP contribution in [-0.4, -0.2) is 75.5 Å². The lowest BCUT2D eigenvalue weighted by Crippen LogP contribution is -2.55. The molecule has 0 aromatic carbocycles. The molecule has 8 heteroatoms. The summed E-state index contributed by atoms with van der Waals surface area (Å²) in [5, 5.41) is 11.6. The molecule has 0 N–H and O–H groups in total. The van der Waals surface area contributed by atoms with Crippen molar-refractivity contribution in [3.05, 3.63) is 85.1 Å². The number of carboxylic acids is 1. The first-order chi connectivity index (χ1) is 25.6. The van der Waals surface area contributed by atoms with Crippen molar-refractivity contribution in [3.63, 3.8) is 0 Å². The Kier molecular flexibility index (Phi) is 33.2. The molecule has 0 amide bonds. The van der Waals surface area contributed by atoms with Crippen molar-refractivity contribution >= 4 is 17.9 Å². The van der Waals surface area contributed by atoms with Crippen molar-refractivity contribution in [1.82, 2.24) is 0 Å². The normalized spacial score (nSPS) is 13.9. The first kappa shape index (κ1) is 49.5. The van der Waals surface area contributed by atoms with Gasteiger partial charge in [0.25, 0.3) is 0 Å². The quantitative estimate of drug-likeness (QED) is 0.0281. The van der Waals surface area contributed by atoms with Gasteiger partial charge in [0.05, 0.1) is 40.3 Å². The van der Waals surface area contributed by atoms with Crippen molar-refractivity contribution in [1.29, 1.82) is 0 Å². The Morgan fingerprint density at radius 1 is 0.585 bits per heavy atom. The van der Waals surface area contributed by atoms with Crippen LogP contribution in [0.3, 0.4) is 0 Å². The second-order valence-corrected chi connectivity index (χ2v) is 14.1. The Labute approximate surface area is 323 Å². The molecule has 0 rings (SSSR count). The summed E-state index contributed by atoms with van der Waals surface area (Å²) in [7, 11) is 5.35. The highest BCUT2D eigenvalue weighted by molar-refractivity contribution is 5.70. The maximum atomic E-state index is 12.6. The smallest absolute Gasteiger partial charge is 0.306 e. The summed E-state index contributed by atoms with van der Waals surface area (Å²) in [6.07, 6.45) is 45.0. The zero-order valence-corrected chi connectivity index (χ0v) is 33.9. The van der Waals surface area contributed by atoms with E-state index in [1.807, 2.05) is 24.3 Å². The Hall–Kier alpha value is -3.49. The summed E-state index contributed by atoms with van der Waals surface area (Å²) in [4.78, 5) is 36.6. The minimum absolute atomic E-state index is 0.00998. The second-order valence-electron chi connectivity index (χ2n) is 14.1. The van der Waals surface area contributed by atoms with E-state index in [2.05, 4.69) is 74.6 Å². The third kappa shape index (κ3) is 34.1. The third-order valence-corrected chi connectivity index (χ3v) is 8.29. The number of ether oxygens (including phenoxy) is 3. The van der Waals surface area contributed by atoms with Gasteiger partial charge in [0.15, 0.2) is 6.10 Å². The van der Waals surface area contributed by atoms with Crippen LogP contribution in [0.2, 0.25) is 0 Å². The van der Waals surface area contributed by atoms with E-state index in [0.29, 0.717) is 12.8 Å². The molecule has 0 aromatic rings. The number of likely N-dealkylation sites (N-methyl/N-ethyl adjacent to an activating group) is 1. The molecule has 53 heavy (non-hydrogen) atoms. The predicted molar refractivity (Wildman–Crippen MR) is 217 cm³/mol. The number of nitrogens with zero attached hydrogens (tertiary/aromatic N) is 1. The van der Waals surface area contributed by atoms with E-state index in [-0.39, 0.29) is 49.5 Å². The van der Waals surface area contributed by atoms with Crippen molar-refractivity contribution in [2.75, 3.05) is 41.0 Å². The van der Waals surface area contributed by atoms with Crippen LogP contribution >= 0.6 is 0 Å². The maximum absolute atomic E-state index is 12.6. The number of quaternary nitrogens is 1. The Bertz CT molecular complexity index is 1140. The second kappa shape index (κ2) is 35.5. The Morgan fingerprint density at radius 3 is 1.57 bits per heavy atom. The fourth-order valence-electron chi connectivity index (χ4n) is 5.17. The summed E-state index contributed by atoms with van der Waals surface area (Å²) in [5.74, 6) is -1.94. The standard InChI is InChI=1S/C45H73NO7/c1-6-8-10-12-14-16-18-20-21-22-24-25-27-29-31-33-35-43(47)52-40-41(39-51-38-37-42(45(49)50)46(3,4)5)53-44(48)36-34-32-30-28-26-23-19-17-15-13-11-9-7-2/h8,10,14,16,20-21,23-26,29-32,41-42H,6-7,9,11-13,15,17-19,22,27-28,33-40H2,1-5H3/b10-8+,16-14+,21-20+,25-24+,26-23+,31-29+,32-30+. The van der Waals surface area contributed by atoms with Gasteiger partial charge in [-0.1, -0.05) is 131 Å². The van der Waals surface area contributed by atoms with Crippen molar-refractivity contribution in [2.45, 2.75) is 142 Å². The first-order valence-corrected chi connectivity index (χ1v) is 20.1. The van der Waals surface area contributed by atoms with E-state index in [4.69, 9.17) is 14.2 Å². The highest BCUT2D eigenvalue weighted by Gasteiger charge is 2.25. The van der Waals surface area contributed by atoms with Crippen molar-refractivity contribution < 1.29 is 38.2 Å². The summed E-state index contributed by atoms with van der Waals surface area (Å²) >= 11 is 0. The fraction of sp³-hybridized carbons (Fsp3) is 0.622. The van der Waals surface area contributed by atoms with Crippen LogP contribution < -0.4 is 5.11 Å². The summed E-state index contributed by atoms with van der Waals surface area (Å²) in [6, 6.07) is -0.748. The zero-order valence-electron chi connectivity index (χ0n) is 33.9. The van der Waals surface area contributed by atoms with E-state index in [1.165, 1.54) is 38.5 Å². The fourth-order valence-corrected chi connectivity index (χ4v) is 5.17. The Balaban J connectivity index is 4.61. The molecule has 0 bridgehead atoms. The highest BCUT2D eigenvalue weighted by Crippen LogP contribution is 2.10. The van der Waals surface area contributed by atoms with Crippen LogP contribution in [0.1, 0.15) is 129 Å². The van der Waals surface area contributed by atoms with E-state index in [0.717, 1.165) is 44.9 Å². The molecular weight excluding hydrogens is 666 g/mol. The summed E-state index contributed by atoms with van der Waals surface area (Å²) < 4.78 is 16.9. The molecule has 0 aliphatic heterocycles. The van der Waals surface area contributed by atoms with Gasteiger partial charge in [0, 0.05) is 19.3 Å². The minimum atomic E-state index is -1.15. The molecule has 2 atom stereocenters. The van der Waals surface area contributed by atoms with Gasteiger partial charge in [-0.25, -0.2) is 0 Å². The largest absolute Gasteiger partial charge is 0.544 e. The van der Waals surface area contributed by atoms with Gasteiger partial charge in [-0.3, -0.25) is 9.59 Å². The summed E-state index contributed by atoms with van der Waals surface area (Å²) in [6.45, 7) is 4.36.